The van der Waals surface area contributed by atoms with Crippen LogP contribution in [0.2, 0.25) is 5.02 Å². The van der Waals surface area contributed by atoms with Crippen molar-refractivity contribution in [2.75, 3.05) is 17.8 Å². The Kier molecular flexibility index (Phi) is 6.05. The SMILES string of the molecule is Cc1ccc(S(=O)(=O)N2CCCCC2)cc1NS(=O)(=O)c1cc(Cl)ccc1C. The lowest BCUT2D eigenvalue weighted by atomic mass is 10.2. The van der Waals surface area contributed by atoms with Crippen LogP contribution in [0.15, 0.2) is 46.2 Å². The van der Waals surface area contributed by atoms with Gasteiger partial charge in [-0.25, -0.2) is 16.8 Å². The van der Waals surface area contributed by atoms with E-state index in [0.29, 0.717) is 29.2 Å². The predicted molar refractivity (Wildman–Crippen MR) is 111 cm³/mol. The van der Waals surface area contributed by atoms with Crippen molar-refractivity contribution in [3.8, 4) is 0 Å². The van der Waals surface area contributed by atoms with Crippen LogP contribution in [-0.4, -0.2) is 34.2 Å². The summed E-state index contributed by atoms with van der Waals surface area (Å²) in [4.78, 5) is 0.143. The van der Waals surface area contributed by atoms with Crippen LogP contribution < -0.4 is 4.72 Å². The van der Waals surface area contributed by atoms with Crippen LogP contribution in [0, 0.1) is 13.8 Å². The summed E-state index contributed by atoms with van der Waals surface area (Å²) in [6.07, 6.45) is 2.68. The van der Waals surface area contributed by atoms with Crippen LogP contribution in [0.3, 0.4) is 0 Å². The Balaban J connectivity index is 1.97. The number of halogens is 1. The molecule has 0 unspecified atom stereocenters. The number of rotatable bonds is 5. The summed E-state index contributed by atoms with van der Waals surface area (Å²) in [5, 5.41) is 0.309. The molecule has 1 N–H and O–H groups in total. The Morgan fingerprint density at radius 2 is 1.54 bits per heavy atom. The molecule has 0 atom stereocenters. The fraction of sp³-hybridized carbons (Fsp3) is 0.368. The standard InChI is InChI=1S/C19H23ClN2O4S2/c1-14-7-9-17(28(25,26)22-10-4-3-5-11-22)13-18(14)21-27(23,24)19-12-16(20)8-6-15(19)2/h6-9,12-13,21H,3-5,10-11H2,1-2H3. The van der Waals surface area contributed by atoms with Gasteiger partial charge in [0, 0.05) is 18.1 Å². The van der Waals surface area contributed by atoms with E-state index < -0.39 is 20.0 Å². The summed E-state index contributed by atoms with van der Waals surface area (Å²) < 4.78 is 55.5. The first-order chi connectivity index (χ1) is 13.1. The highest BCUT2D eigenvalue weighted by Crippen LogP contribution is 2.28. The van der Waals surface area contributed by atoms with E-state index in [0.717, 1.165) is 19.3 Å². The molecule has 28 heavy (non-hydrogen) atoms. The summed E-state index contributed by atoms with van der Waals surface area (Å²) >= 11 is 5.95. The van der Waals surface area contributed by atoms with Gasteiger partial charge in [-0.15, -0.1) is 0 Å². The smallest absolute Gasteiger partial charge is 0.262 e. The highest BCUT2D eigenvalue weighted by atomic mass is 35.5. The Hall–Kier alpha value is -1.61. The van der Waals surface area contributed by atoms with Crippen molar-refractivity contribution >= 4 is 37.3 Å². The van der Waals surface area contributed by atoms with Crippen LogP contribution >= 0.6 is 11.6 Å². The van der Waals surface area contributed by atoms with E-state index in [4.69, 9.17) is 11.6 Å². The normalized spacial score (nSPS) is 16.1. The van der Waals surface area contributed by atoms with Gasteiger partial charge in [-0.05, 0) is 62.1 Å². The van der Waals surface area contributed by atoms with E-state index in [1.54, 1.807) is 32.0 Å². The third kappa shape index (κ3) is 4.35. The third-order valence-corrected chi connectivity index (χ3v) is 8.48. The quantitative estimate of drug-likeness (QED) is 0.760. The summed E-state index contributed by atoms with van der Waals surface area (Å²) in [6, 6.07) is 9.13. The predicted octanol–water partition coefficient (Wildman–Crippen LogP) is 3.93. The van der Waals surface area contributed by atoms with Crippen molar-refractivity contribution in [2.24, 2.45) is 0 Å². The minimum absolute atomic E-state index is 0.0590. The molecule has 0 aromatic heterocycles. The number of sulfonamides is 2. The van der Waals surface area contributed by atoms with Crippen molar-refractivity contribution in [2.45, 2.75) is 42.9 Å². The molecule has 0 radical (unpaired) electrons. The van der Waals surface area contributed by atoms with Gasteiger partial charge >= 0.3 is 0 Å². The monoisotopic (exact) mass is 442 g/mol. The second kappa shape index (κ2) is 8.02. The molecule has 1 aliphatic heterocycles. The van der Waals surface area contributed by atoms with Crippen molar-refractivity contribution in [1.82, 2.24) is 4.31 Å². The maximum Gasteiger partial charge on any atom is 0.262 e. The van der Waals surface area contributed by atoms with Crippen molar-refractivity contribution in [3.63, 3.8) is 0 Å². The second-order valence-electron chi connectivity index (χ2n) is 6.96. The number of hydrogen-bond acceptors (Lipinski definition) is 4. The molecule has 6 nitrogen and oxygen atoms in total. The van der Waals surface area contributed by atoms with Crippen LogP contribution in [0.5, 0.6) is 0 Å². The van der Waals surface area contributed by atoms with Gasteiger partial charge in [-0.3, -0.25) is 4.72 Å². The van der Waals surface area contributed by atoms with E-state index >= 15 is 0 Å². The zero-order chi connectivity index (χ0) is 20.5. The topological polar surface area (TPSA) is 83.6 Å². The largest absolute Gasteiger partial charge is 0.279 e. The minimum Gasteiger partial charge on any atom is -0.279 e. The van der Waals surface area contributed by atoms with Crippen molar-refractivity contribution in [1.29, 1.82) is 0 Å². The van der Waals surface area contributed by atoms with E-state index in [1.807, 2.05) is 0 Å². The van der Waals surface area contributed by atoms with Crippen LogP contribution in [0.1, 0.15) is 30.4 Å². The molecular weight excluding hydrogens is 420 g/mol. The van der Waals surface area contributed by atoms with Crippen molar-refractivity contribution < 1.29 is 16.8 Å². The van der Waals surface area contributed by atoms with Gasteiger partial charge in [0.15, 0.2) is 0 Å². The number of nitrogens with one attached hydrogen (secondary N) is 1. The minimum atomic E-state index is -3.92. The molecular formula is C19H23ClN2O4S2. The fourth-order valence-electron chi connectivity index (χ4n) is 3.19. The number of hydrogen-bond donors (Lipinski definition) is 1. The molecule has 2 aromatic rings. The molecule has 1 heterocycles. The third-order valence-electron chi connectivity index (χ3n) is 4.85. The van der Waals surface area contributed by atoms with Gasteiger partial charge in [0.25, 0.3) is 10.0 Å². The lowest BCUT2D eigenvalue weighted by molar-refractivity contribution is 0.346. The zero-order valence-electron chi connectivity index (χ0n) is 15.8. The molecule has 3 rings (SSSR count). The van der Waals surface area contributed by atoms with Gasteiger partial charge in [0.05, 0.1) is 15.5 Å². The van der Waals surface area contributed by atoms with Gasteiger partial charge in [-0.1, -0.05) is 30.2 Å². The average Bonchev–Trinajstić information content (AvgIpc) is 2.66. The Bertz CT molecular complexity index is 1090. The molecule has 9 heteroatoms. The van der Waals surface area contributed by atoms with Crippen LogP contribution in [-0.2, 0) is 20.0 Å². The maximum absolute atomic E-state index is 12.9. The zero-order valence-corrected chi connectivity index (χ0v) is 18.2. The number of piperidine rings is 1. The van der Waals surface area contributed by atoms with E-state index in [2.05, 4.69) is 4.72 Å². The first-order valence-corrected chi connectivity index (χ1v) is 12.3. The van der Waals surface area contributed by atoms with Crippen molar-refractivity contribution in [3.05, 3.63) is 52.5 Å². The van der Waals surface area contributed by atoms with E-state index in [9.17, 15) is 16.8 Å². The summed E-state index contributed by atoms with van der Waals surface area (Å²) in [5.41, 5.74) is 1.41. The van der Waals surface area contributed by atoms with Gasteiger partial charge in [0.1, 0.15) is 0 Å². The van der Waals surface area contributed by atoms with Gasteiger partial charge in [-0.2, -0.15) is 4.31 Å². The molecule has 152 valence electrons. The summed E-state index contributed by atoms with van der Waals surface area (Å²) in [7, 11) is -7.58. The molecule has 0 bridgehead atoms. The number of aryl methyl sites for hydroxylation is 2. The number of nitrogens with zero attached hydrogens (tertiary/aromatic N) is 1. The molecule has 2 aromatic carbocycles. The summed E-state index contributed by atoms with van der Waals surface area (Å²) in [6.45, 7) is 4.37. The molecule has 0 saturated carbocycles. The first-order valence-electron chi connectivity index (χ1n) is 9.01. The second-order valence-corrected chi connectivity index (χ2v) is 11.0. The Morgan fingerprint density at radius 3 is 2.21 bits per heavy atom. The van der Waals surface area contributed by atoms with Gasteiger partial charge < -0.3 is 0 Å². The van der Waals surface area contributed by atoms with Gasteiger partial charge in [0.2, 0.25) is 10.0 Å². The molecule has 1 aliphatic rings. The maximum atomic E-state index is 12.9. The fourth-order valence-corrected chi connectivity index (χ4v) is 6.36. The molecule has 0 spiro atoms. The lowest BCUT2D eigenvalue weighted by Gasteiger charge is -2.26. The molecule has 1 saturated heterocycles. The average molecular weight is 443 g/mol. The highest BCUT2D eigenvalue weighted by molar-refractivity contribution is 7.92. The Morgan fingerprint density at radius 1 is 0.893 bits per heavy atom. The van der Waals surface area contributed by atoms with Crippen LogP contribution in [0.4, 0.5) is 5.69 Å². The molecule has 0 amide bonds. The Labute approximate surface area is 171 Å². The lowest BCUT2D eigenvalue weighted by Crippen LogP contribution is -2.35. The highest BCUT2D eigenvalue weighted by Gasteiger charge is 2.27. The van der Waals surface area contributed by atoms with Crippen LogP contribution in [0.25, 0.3) is 0 Å². The van der Waals surface area contributed by atoms with E-state index in [1.165, 1.54) is 22.5 Å². The summed E-state index contributed by atoms with van der Waals surface area (Å²) in [5.74, 6) is 0. The molecule has 0 aliphatic carbocycles. The van der Waals surface area contributed by atoms with E-state index in [-0.39, 0.29) is 15.5 Å². The molecule has 1 fully saturated rings. The first kappa shape index (κ1) is 21.1. The number of benzene rings is 2. The number of anilines is 1.